The van der Waals surface area contributed by atoms with Gasteiger partial charge in [0.15, 0.2) is 0 Å². The van der Waals surface area contributed by atoms with E-state index in [1.807, 2.05) is 13.8 Å². The summed E-state index contributed by atoms with van der Waals surface area (Å²) in [6, 6.07) is -0.407. The summed E-state index contributed by atoms with van der Waals surface area (Å²) in [7, 11) is 0. The molecule has 0 saturated carbocycles. The largest absolute Gasteiger partial charge is 0.465 e. The van der Waals surface area contributed by atoms with Crippen molar-refractivity contribution in [3.8, 4) is 0 Å². The van der Waals surface area contributed by atoms with Gasteiger partial charge in [-0.3, -0.25) is 4.79 Å². The maximum absolute atomic E-state index is 11.1. The Morgan fingerprint density at radius 3 is 2.53 bits per heavy atom. The summed E-state index contributed by atoms with van der Waals surface area (Å²) in [5, 5.41) is 4.89. The van der Waals surface area contributed by atoms with Gasteiger partial charge in [0.05, 0.1) is 6.61 Å². The van der Waals surface area contributed by atoms with Crippen molar-refractivity contribution in [2.45, 2.75) is 27.2 Å². The minimum absolute atomic E-state index is 0.112. The lowest BCUT2D eigenvalue weighted by Crippen LogP contribution is -2.36. The van der Waals surface area contributed by atoms with Crippen LogP contribution in [0.1, 0.15) is 27.2 Å². The summed E-state index contributed by atoms with van der Waals surface area (Å²) < 4.78 is 4.64. The third kappa shape index (κ3) is 7.54. The van der Waals surface area contributed by atoms with Gasteiger partial charge in [-0.05, 0) is 20.3 Å². The second-order valence-corrected chi connectivity index (χ2v) is 2.98. The molecule has 0 aromatic carbocycles. The summed E-state index contributed by atoms with van der Waals surface area (Å²) in [6.45, 7) is 5.82. The van der Waals surface area contributed by atoms with Gasteiger partial charge in [-0.1, -0.05) is 12.5 Å². The Hall–Kier alpha value is -1.52. The predicted octanol–water partition coefficient (Wildman–Crippen LogP) is 1.16. The van der Waals surface area contributed by atoms with Crippen LogP contribution in [0.5, 0.6) is 0 Å². The molecule has 0 aliphatic rings. The Bertz CT molecular complexity index is 249. The predicted molar refractivity (Wildman–Crippen MR) is 57.2 cm³/mol. The van der Waals surface area contributed by atoms with Crippen molar-refractivity contribution in [2.24, 2.45) is 0 Å². The van der Waals surface area contributed by atoms with Crippen LogP contribution < -0.4 is 10.6 Å². The summed E-state index contributed by atoms with van der Waals surface area (Å²) >= 11 is 0. The van der Waals surface area contributed by atoms with Crippen LogP contribution in [0.25, 0.3) is 0 Å². The second-order valence-electron chi connectivity index (χ2n) is 2.98. The molecule has 2 amide bonds. The molecule has 0 aromatic heterocycles. The van der Waals surface area contributed by atoms with Crippen molar-refractivity contribution in [3.63, 3.8) is 0 Å². The standard InChI is InChI=1S/C10H18N2O3/c1-4-8(3)6-11-10(14)12-7-9(13)15-5-2/h6H,4-5,7H2,1-3H3,(H2,11,12,14)/b8-6+. The van der Waals surface area contributed by atoms with E-state index in [4.69, 9.17) is 0 Å². The Labute approximate surface area is 89.9 Å². The number of carbonyl (C=O) groups is 2. The summed E-state index contributed by atoms with van der Waals surface area (Å²) in [6.07, 6.45) is 2.48. The topological polar surface area (TPSA) is 67.4 Å². The van der Waals surface area contributed by atoms with E-state index in [1.54, 1.807) is 13.1 Å². The number of hydrogen-bond donors (Lipinski definition) is 2. The molecule has 0 fully saturated rings. The SMILES string of the molecule is CCOC(=O)CNC(=O)N/C=C(\C)CC. The number of nitrogens with one attached hydrogen (secondary N) is 2. The van der Waals surface area contributed by atoms with E-state index < -0.39 is 12.0 Å². The van der Waals surface area contributed by atoms with E-state index in [0.29, 0.717) is 6.61 Å². The van der Waals surface area contributed by atoms with E-state index in [1.165, 1.54) is 0 Å². The van der Waals surface area contributed by atoms with Gasteiger partial charge >= 0.3 is 12.0 Å². The molecule has 0 heterocycles. The number of ether oxygens (including phenoxy) is 1. The fraction of sp³-hybridized carbons (Fsp3) is 0.600. The van der Waals surface area contributed by atoms with Gasteiger partial charge in [0, 0.05) is 6.20 Å². The van der Waals surface area contributed by atoms with E-state index in [-0.39, 0.29) is 6.54 Å². The van der Waals surface area contributed by atoms with E-state index in [0.717, 1.165) is 12.0 Å². The molecule has 0 saturated heterocycles. The third-order valence-corrected chi connectivity index (χ3v) is 1.71. The van der Waals surface area contributed by atoms with Crippen LogP contribution in [0.2, 0.25) is 0 Å². The first-order valence-electron chi connectivity index (χ1n) is 4.95. The second kappa shape index (κ2) is 7.84. The highest BCUT2D eigenvalue weighted by Crippen LogP contribution is 1.94. The van der Waals surface area contributed by atoms with E-state index >= 15 is 0 Å². The molecule has 0 aliphatic heterocycles. The smallest absolute Gasteiger partial charge is 0.325 e. The van der Waals surface area contributed by atoms with Crippen LogP contribution >= 0.6 is 0 Å². The van der Waals surface area contributed by atoms with Gasteiger partial charge in [0.25, 0.3) is 0 Å². The molecule has 0 atom stereocenters. The van der Waals surface area contributed by atoms with Gasteiger partial charge in [0.1, 0.15) is 6.54 Å². The van der Waals surface area contributed by atoms with Crippen LogP contribution in [0, 0.1) is 0 Å². The highest BCUT2D eigenvalue weighted by molar-refractivity contribution is 5.81. The van der Waals surface area contributed by atoms with E-state index in [9.17, 15) is 9.59 Å². The molecule has 15 heavy (non-hydrogen) atoms. The van der Waals surface area contributed by atoms with Crippen molar-refractivity contribution >= 4 is 12.0 Å². The molecule has 0 spiro atoms. The van der Waals surface area contributed by atoms with Crippen molar-refractivity contribution in [1.29, 1.82) is 0 Å². The number of carbonyl (C=O) groups excluding carboxylic acids is 2. The van der Waals surface area contributed by atoms with Gasteiger partial charge in [0.2, 0.25) is 0 Å². The fourth-order valence-corrected chi connectivity index (χ4v) is 0.706. The molecule has 0 rings (SSSR count). The summed E-state index contributed by atoms with van der Waals surface area (Å²) in [5.74, 6) is -0.441. The molecular formula is C10H18N2O3. The van der Waals surface area contributed by atoms with Crippen molar-refractivity contribution in [2.75, 3.05) is 13.2 Å². The zero-order valence-corrected chi connectivity index (χ0v) is 9.42. The first-order valence-corrected chi connectivity index (χ1v) is 4.95. The maximum Gasteiger partial charge on any atom is 0.325 e. The minimum Gasteiger partial charge on any atom is -0.465 e. The summed E-state index contributed by atoms with van der Waals surface area (Å²) in [4.78, 5) is 22.0. The molecule has 5 nitrogen and oxygen atoms in total. The lowest BCUT2D eigenvalue weighted by atomic mass is 10.3. The van der Waals surface area contributed by atoms with Crippen LogP contribution in [-0.4, -0.2) is 25.2 Å². The highest BCUT2D eigenvalue weighted by Gasteiger charge is 2.03. The molecular weight excluding hydrogens is 196 g/mol. The fourth-order valence-electron chi connectivity index (χ4n) is 0.706. The zero-order valence-electron chi connectivity index (χ0n) is 9.42. The normalized spacial score (nSPS) is 10.7. The highest BCUT2D eigenvalue weighted by atomic mass is 16.5. The Balaban J connectivity index is 3.71. The van der Waals surface area contributed by atoms with Crippen LogP contribution in [0.3, 0.4) is 0 Å². The lowest BCUT2D eigenvalue weighted by Gasteiger charge is -2.04. The monoisotopic (exact) mass is 214 g/mol. The number of esters is 1. The molecule has 86 valence electrons. The number of rotatable bonds is 5. The Morgan fingerprint density at radius 1 is 1.33 bits per heavy atom. The first kappa shape index (κ1) is 13.5. The molecule has 0 bridgehead atoms. The lowest BCUT2D eigenvalue weighted by molar-refractivity contribution is -0.141. The van der Waals surface area contributed by atoms with Gasteiger partial charge < -0.3 is 15.4 Å². The molecule has 0 aliphatic carbocycles. The summed E-state index contributed by atoms with van der Waals surface area (Å²) in [5.41, 5.74) is 1.06. The zero-order chi connectivity index (χ0) is 11.7. The molecule has 2 N–H and O–H groups in total. The van der Waals surface area contributed by atoms with Crippen LogP contribution in [0.15, 0.2) is 11.8 Å². The van der Waals surface area contributed by atoms with Gasteiger partial charge in [-0.2, -0.15) is 0 Å². The third-order valence-electron chi connectivity index (χ3n) is 1.71. The van der Waals surface area contributed by atoms with Crippen molar-refractivity contribution < 1.29 is 14.3 Å². The quantitative estimate of drug-likeness (QED) is 0.675. The Morgan fingerprint density at radius 2 is 2.00 bits per heavy atom. The average Bonchev–Trinajstić information content (AvgIpc) is 2.23. The molecule has 5 heteroatoms. The van der Waals surface area contributed by atoms with Crippen LogP contribution in [0.4, 0.5) is 4.79 Å². The molecule has 0 radical (unpaired) electrons. The number of hydrogen-bond acceptors (Lipinski definition) is 3. The number of amides is 2. The Kier molecular flexibility index (Phi) is 7.05. The number of allylic oxidation sites excluding steroid dienone is 1. The van der Waals surface area contributed by atoms with Gasteiger partial charge in [-0.15, -0.1) is 0 Å². The van der Waals surface area contributed by atoms with Gasteiger partial charge in [-0.25, -0.2) is 4.79 Å². The van der Waals surface area contributed by atoms with Crippen molar-refractivity contribution in [1.82, 2.24) is 10.6 Å². The minimum atomic E-state index is -0.441. The maximum atomic E-state index is 11.1. The molecule has 0 aromatic rings. The molecule has 0 unspecified atom stereocenters. The van der Waals surface area contributed by atoms with Crippen molar-refractivity contribution in [3.05, 3.63) is 11.8 Å². The number of urea groups is 1. The van der Waals surface area contributed by atoms with Crippen LogP contribution in [-0.2, 0) is 9.53 Å². The van der Waals surface area contributed by atoms with E-state index in [2.05, 4.69) is 15.4 Å². The average molecular weight is 214 g/mol. The first-order chi connectivity index (χ1) is 7.10.